The summed E-state index contributed by atoms with van der Waals surface area (Å²) in [7, 11) is 6.54. The van der Waals surface area contributed by atoms with E-state index in [2.05, 4.69) is 0 Å². The fourth-order valence-corrected chi connectivity index (χ4v) is 7.59. The van der Waals surface area contributed by atoms with Crippen molar-refractivity contribution in [3.8, 4) is 0 Å². The lowest BCUT2D eigenvalue weighted by Gasteiger charge is -1.92. The topological polar surface area (TPSA) is 34.1 Å². The molecule has 0 aliphatic rings. The summed E-state index contributed by atoms with van der Waals surface area (Å²) in [5.41, 5.74) is 0. The van der Waals surface area contributed by atoms with Gasteiger partial charge in [-0.2, -0.15) is 0 Å². The third kappa shape index (κ3) is 11.1. The van der Waals surface area contributed by atoms with E-state index in [-0.39, 0.29) is 10.2 Å². The van der Waals surface area contributed by atoms with Crippen molar-refractivity contribution in [3.63, 3.8) is 0 Å². The number of carbonyl (C=O) groups excluding carboxylic acids is 2. The molecule has 0 aliphatic heterocycles. The average Bonchev–Trinajstić information content (AvgIpc) is 1.85. The summed E-state index contributed by atoms with van der Waals surface area (Å²) < 4.78 is 0. The van der Waals surface area contributed by atoms with Gasteiger partial charge in [-0.25, -0.2) is 0 Å². The summed E-state index contributed by atoms with van der Waals surface area (Å²) >= 11 is 0. The monoisotopic (exact) mass is 246 g/mol. The minimum Gasteiger partial charge on any atom is -0.287 e. The summed E-state index contributed by atoms with van der Waals surface area (Å²) in [4.78, 5) is 20.8. The molecule has 0 radical (unpaired) electrons. The van der Waals surface area contributed by atoms with Crippen molar-refractivity contribution in [1.82, 2.24) is 0 Å². The van der Waals surface area contributed by atoms with E-state index in [4.69, 9.17) is 0 Å². The molecule has 0 aliphatic carbocycles. The summed E-state index contributed by atoms with van der Waals surface area (Å²) in [6, 6.07) is 0. The van der Waals surface area contributed by atoms with Gasteiger partial charge >= 0.3 is 0 Å². The molecule has 0 atom stereocenters. The molecule has 0 aromatic heterocycles. The molecule has 0 aromatic carbocycles. The average molecular weight is 246 g/mol. The molecule has 0 amide bonds. The van der Waals surface area contributed by atoms with Gasteiger partial charge in [0.2, 0.25) is 0 Å². The first-order chi connectivity index (χ1) is 5.13. The lowest BCUT2D eigenvalue weighted by atomic mass is 10.9. The zero-order valence-electron chi connectivity index (χ0n) is 5.86. The second-order valence-corrected chi connectivity index (χ2v) is 9.14. The van der Waals surface area contributed by atoms with Crippen LogP contribution in [0.5, 0.6) is 0 Å². The van der Waals surface area contributed by atoms with Crippen molar-refractivity contribution < 1.29 is 9.59 Å². The maximum absolute atomic E-state index is 10.4. The number of carbonyl (C=O) groups is 2. The predicted octanol–water partition coefficient (Wildman–Crippen LogP) is 3.41. The lowest BCUT2D eigenvalue weighted by Crippen LogP contribution is -1.72. The van der Waals surface area contributed by atoms with E-state index in [9.17, 15) is 9.59 Å². The summed E-state index contributed by atoms with van der Waals surface area (Å²) in [6.45, 7) is 3.03. The third-order valence-corrected chi connectivity index (χ3v) is 8.45. The van der Waals surface area contributed by atoms with Crippen LogP contribution in [-0.4, -0.2) is 10.2 Å². The minimum absolute atomic E-state index is 0.0796. The van der Waals surface area contributed by atoms with Crippen molar-refractivity contribution >= 4 is 61.3 Å². The summed E-state index contributed by atoms with van der Waals surface area (Å²) in [6.07, 6.45) is 0. The molecular weight excluding hydrogens is 240 g/mol. The van der Waals surface area contributed by atoms with Gasteiger partial charge in [-0.05, 0) is 51.1 Å². The molecule has 0 fully saturated rings. The number of hydrogen-bond acceptors (Lipinski definition) is 7. The van der Waals surface area contributed by atoms with Crippen LogP contribution in [0.1, 0.15) is 13.8 Å². The van der Waals surface area contributed by atoms with Crippen LogP contribution >= 0.6 is 51.1 Å². The molecule has 64 valence electrons. The second-order valence-electron chi connectivity index (χ2n) is 1.35. The van der Waals surface area contributed by atoms with Crippen LogP contribution in [0.15, 0.2) is 0 Å². The highest BCUT2D eigenvalue weighted by Gasteiger charge is 1.98. The molecule has 7 heteroatoms. The third-order valence-electron chi connectivity index (χ3n) is 0.358. The van der Waals surface area contributed by atoms with E-state index in [1.807, 2.05) is 0 Å². The number of hydrogen-bond donors (Lipinski definition) is 0. The standard InChI is InChI=1S/C4H6O2S5/c1-3(5)7-9-11-10-8-4(2)6/h1-2H3. The summed E-state index contributed by atoms with van der Waals surface area (Å²) in [5, 5.41) is 0.159. The van der Waals surface area contributed by atoms with Gasteiger partial charge in [0.05, 0.1) is 0 Å². The van der Waals surface area contributed by atoms with Gasteiger partial charge in [-0.3, -0.25) is 9.59 Å². The quantitative estimate of drug-likeness (QED) is 0.555. The molecule has 11 heavy (non-hydrogen) atoms. The molecule has 0 heterocycles. The molecule has 0 N–H and O–H groups in total. The van der Waals surface area contributed by atoms with Crippen molar-refractivity contribution in [2.75, 3.05) is 0 Å². The summed E-state index contributed by atoms with van der Waals surface area (Å²) in [5.74, 6) is 0. The zero-order chi connectivity index (χ0) is 8.69. The first-order valence-corrected chi connectivity index (χ1v) is 8.63. The van der Waals surface area contributed by atoms with Gasteiger partial charge in [0.25, 0.3) is 0 Å². The molecule has 0 bridgehead atoms. The van der Waals surface area contributed by atoms with E-state index in [0.29, 0.717) is 0 Å². The predicted molar refractivity (Wildman–Crippen MR) is 59.3 cm³/mol. The van der Waals surface area contributed by atoms with Crippen molar-refractivity contribution in [1.29, 1.82) is 0 Å². The van der Waals surface area contributed by atoms with Gasteiger partial charge in [0.1, 0.15) is 0 Å². The fraction of sp³-hybridized carbons (Fsp3) is 0.500. The van der Waals surface area contributed by atoms with Gasteiger partial charge in [-0.1, -0.05) is 0 Å². The van der Waals surface area contributed by atoms with E-state index < -0.39 is 0 Å². The van der Waals surface area contributed by atoms with Crippen LogP contribution in [0.3, 0.4) is 0 Å². The molecule has 0 unspecified atom stereocenters. The Morgan fingerprint density at radius 2 is 1.18 bits per heavy atom. The van der Waals surface area contributed by atoms with E-state index >= 15 is 0 Å². The molecule has 0 saturated heterocycles. The fourth-order valence-electron chi connectivity index (χ4n) is 0.135. The van der Waals surface area contributed by atoms with Crippen LogP contribution in [-0.2, 0) is 9.59 Å². The highest BCUT2D eigenvalue weighted by molar-refractivity contribution is 9.37. The van der Waals surface area contributed by atoms with E-state index in [1.54, 1.807) is 0 Å². The van der Waals surface area contributed by atoms with Crippen LogP contribution in [0.2, 0.25) is 0 Å². The Morgan fingerprint density at radius 1 is 0.818 bits per heavy atom. The lowest BCUT2D eigenvalue weighted by molar-refractivity contribution is -0.109. The van der Waals surface area contributed by atoms with Gasteiger partial charge in [0, 0.05) is 13.8 Å². The Labute approximate surface area is 84.4 Å². The molecular formula is C4H6O2S5. The Bertz CT molecular complexity index is 131. The van der Waals surface area contributed by atoms with Crippen LogP contribution in [0, 0.1) is 0 Å². The SMILES string of the molecule is CC(=O)SSSSSC(C)=O. The first-order valence-electron chi connectivity index (χ1n) is 2.48. The minimum atomic E-state index is 0.0796. The van der Waals surface area contributed by atoms with Crippen LogP contribution in [0.4, 0.5) is 0 Å². The number of rotatable bonds is 4. The molecule has 0 rings (SSSR count). The Hall–Kier alpha value is 1.09. The molecule has 0 saturated carbocycles. The molecule has 0 spiro atoms. The van der Waals surface area contributed by atoms with E-state index in [1.165, 1.54) is 64.9 Å². The normalized spacial score (nSPS) is 9.64. The second kappa shape index (κ2) is 7.72. The zero-order valence-corrected chi connectivity index (χ0v) is 9.94. The Balaban J connectivity index is 3.03. The Morgan fingerprint density at radius 3 is 1.45 bits per heavy atom. The molecule has 2 nitrogen and oxygen atoms in total. The van der Waals surface area contributed by atoms with Crippen molar-refractivity contribution in [2.45, 2.75) is 13.8 Å². The van der Waals surface area contributed by atoms with Gasteiger partial charge in [0.15, 0.2) is 10.2 Å². The maximum Gasteiger partial charge on any atom is 0.197 e. The highest BCUT2D eigenvalue weighted by Crippen LogP contribution is 2.48. The van der Waals surface area contributed by atoms with Crippen LogP contribution < -0.4 is 0 Å². The van der Waals surface area contributed by atoms with Gasteiger partial charge in [-0.15, -0.1) is 0 Å². The first kappa shape index (κ1) is 12.1. The Kier molecular flexibility index (Phi) is 8.49. The van der Waals surface area contributed by atoms with Crippen molar-refractivity contribution in [3.05, 3.63) is 0 Å². The molecule has 0 aromatic rings. The van der Waals surface area contributed by atoms with Crippen LogP contribution in [0.25, 0.3) is 0 Å². The maximum atomic E-state index is 10.4. The highest BCUT2D eigenvalue weighted by atomic mass is 33.8. The van der Waals surface area contributed by atoms with Crippen molar-refractivity contribution in [2.24, 2.45) is 0 Å². The van der Waals surface area contributed by atoms with Gasteiger partial charge < -0.3 is 0 Å². The van der Waals surface area contributed by atoms with E-state index in [0.717, 1.165) is 0 Å². The smallest absolute Gasteiger partial charge is 0.197 e. The largest absolute Gasteiger partial charge is 0.287 e.